The molecule has 9 nitrogen and oxygen atoms in total. The van der Waals surface area contributed by atoms with Crippen LogP contribution in [-0.4, -0.2) is 56.2 Å². The monoisotopic (exact) mass is 487 g/mol. The first-order valence-electron chi connectivity index (χ1n) is 10.4. The summed E-state index contributed by atoms with van der Waals surface area (Å²) in [5.41, 5.74) is 0.253. The number of halogens is 1. The minimum atomic E-state index is -1.17. The maximum absolute atomic E-state index is 13.2. The zero-order valence-corrected chi connectivity index (χ0v) is 19.2. The van der Waals surface area contributed by atoms with Gasteiger partial charge in [0.05, 0.1) is 29.0 Å². The van der Waals surface area contributed by atoms with Crippen LogP contribution in [0.25, 0.3) is 0 Å². The standard InChI is InChI=1S/C22H22ClN5O4S/c23-18-6-5-17(33-18)20(29)27-22(8-11-32-13-22)21(30)26-15-1-3-16(4-2-15)28-9-12-31-10-7-19(28)25-14-24/h1-6H,7-13H2,(H,26,30)(H,27,29)/b25-19+/t22-/m1/s1. The number of carbonyl (C=O) groups excluding carboxylic acids is 2. The van der Waals surface area contributed by atoms with Gasteiger partial charge >= 0.3 is 0 Å². The van der Waals surface area contributed by atoms with Crippen molar-refractivity contribution < 1.29 is 19.1 Å². The number of rotatable bonds is 5. The van der Waals surface area contributed by atoms with E-state index in [-0.39, 0.29) is 18.4 Å². The zero-order valence-electron chi connectivity index (χ0n) is 17.7. The molecule has 3 heterocycles. The molecule has 1 aromatic carbocycles. The molecule has 2 amide bonds. The number of anilines is 2. The summed E-state index contributed by atoms with van der Waals surface area (Å²) in [6.45, 7) is 2.07. The van der Waals surface area contributed by atoms with Crippen LogP contribution in [-0.2, 0) is 14.3 Å². The molecule has 2 aliphatic rings. The molecular weight excluding hydrogens is 466 g/mol. The highest BCUT2D eigenvalue weighted by Crippen LogP contribution is 2.26. The lowest BCUT2D eigenvalue weighted by Gasteiger charge is -2.27. The molecule has 0 saturated carbocycles. The molecule has 2 saturated heterocycles. The molecule has 172 valence electrons. The van der Waals surface area contributed by atoms with Crippen LogP contribution in [0, 0.1) is 11.5 Å². The highest BCUT2D eigenvalue weighted by Gasteiger charge is 2.44. The number of thiophene rings is 1. The van der Waals surface area contributed by atoms with Crippen LogP contribution in [0.4, 0.5) is 11.4 Å². The summed E-state index contributed by atoms with van der Waals surface area (Å²) in [5, 5.41) is 14.7. The Morgan fingerprint density at radius 3 is 2.64 bits per heavy atom. The van der Waals surface area contributed by atoms with Crippen molar-refractivity contribution >= 4 is 52.0 Å². The summed E-state index contributed by atoms with van der Waals surface area (Å²) in [6.07, 6.45) is 2.76. The maximum atomic E-state index is 13.2. The quantitative estimate of drug-likeness (QED) is 0.626. The van der Waals surface area contributed by atoms with Gasteiger partial charge < -0.3 is 25.0 Å². The van der Waals surface area contributed by atoms with Gasteiger partial charge in [0.1, 0.15) is 11.4 Å². The molecule has 0 spiro atoms. The molecule has 0 unspecified atom stereocenters. The van der Waals surface area contributed by atoms with Gasteiger partial charge in [-0.1, -0.05) is 11.6 Å². The fraction of sp³-hybridized carbons (Fsp3) is 0.364. The van der Waals surface area contributed by atoms with Crippen LogP contribution in [0.1, 0.15) is 22.5 Å². The van der Waals surface area contributed by atoms with E-state index in [4.69, 9.17) is 26.3 Å². The Hall–Kier alpha value is -2.97. The summed E-state index contributed by atoms with van der Waals surface area (Å²) in [6, 6.07) is 10.5. The molecule has 33 heavy (non-hydrogen) atoms. The molecule has 1 aromatic heterocycles. The molecule has 0 bridgehead atoms. The van der Waals surface area contributed by atoms with E-state index in [0.29, 0.717) is 59.9 Å². The SMILES string of the molecule is N#C/N=C1\CCOCCN1c1ccc(NC(=O)[C@@]2(NC(=O)c3ccc(Cl)s3)CCOC2)cc1. The first-order chi connectivity index (χ1) is 16.0. The van der Waals surface area contributed by atoms with Crippen molar-refractivity contribution in [3.05, 3.63) is 45.6 Å². The number of nitrogens with one attached hydrogen (secondary N) is 2. The predicted octanol–water partition coefficient (Wildman–Crippen LogP) is 3.04. The lowest BCUT2D eigenvalue weighted by molar-refractivity contribution is -0.122. The molecule has 1 atom stereocenters. The summed E-state index contributed by atoms with van der Waals surface area (Å²) in [7, 11) is 0. The lowest BCUT2D eigenvalue weighted by Crippen LogP contribution is -2.57. The molecule has 2 fully saturated rings. The van der Waals surface area contributed by atoms with E-state index in [1.165, 1.54) is 0 Å². The van der Waals surface area contributed by atoms with Crippen LogP contribution in [0.2, 0.25) is 4.34 Å². The second kappa shape index (κ2) is 10.3. The van der Waals surface area contributed by atoms with Gasteiger partial charge in [0.25, 0.3) is 11.8 Å². The number of aliphatic imine (C=N–C) groups is 1. The highest BCUT2D eigenvalue weighted by atomic mass is 35.5. The van der Waals surface area contributed by atoms with E-state index >= 15 is 0 Å². The van der Waals surface area contributed by atoms with Gasteiger partial charge in [-0.3, -0.25) is 9.59 Å². The number of nitrogens with zero attached hydrogens (tertiary/aromatic N) is 3. The average molecular weight is 488 g/mol. The van der Waals surface area contributed by atoms with E-state index < -0.39 is 5.54 Å². The minimum Gasteiger partial charge on any atom is -0.379 e. The van der Waals surface area contributed by atoms with Gasteiger partial charge in [0.15, 0.2) is 0 Å². The number of amidine groups is 1. The van der Waals surface area contributed by atoms with Crippen LogP contribution in [0.15, 0.2) is 41.4 Å². The lowest BCUT2D eigenvalue weighted by atomic mass is 9.97. The fourth-order valence-electron chi connectivity index (χ4n) is 3.73. The topological polar surface area (TPSA) is 116 Å². The first kappa shape index (κ1) is 23.2. The Balaban J connectivity index is 1.47. The second-order valence-corrected chi connectivity index (χ2v) is 9.30. The third-order valence-electron chi connectivity index (χ3n) is 5.46. The Bertz CT molecular complexity index is 1090. The van der Waals surface area contributed by atoms with Crippen LogP contribution in [0.5, 0.6) is 0 Å². The first-order valence-corrected chi connectivity index (χ1v) is 11.6. The van der Waals surface area contributed by atoms with Gasteiger partial charge in [0.2, 0.25) is 6.19 Å². The Kier molecular flexibility index (Phi) is 7.25. The summed E-state index contributed by atoms with van der Waals surface area (Å²) >= 11 is 7.08. The van der Waals surface area contributed by atoms with Crippen molar-refractivity contribution in [1.82, 2.24) is 5.32 Å². The van der Waals surface area contributed by atoms with E-state index in [9.17, 15) is 9.59 Å². The fourth-order valence-corrected chi connectivity index (χ4v) is 4.67. The third-order valence-corrected chi connectivity index (χ3v) is 6.69. The summed E-state index contributed by atoms with van der Waals surface area (Å²) in [4.78, 5) is 32.1. The third kappa shape index (κ3) is 5.34. The zero-order chi connectivity index (χ0) is 23.3. The number of carbonyl (C=O) groups is 2. The van der Waals surface area contributed by atoms with Gasteiger partial charge in [0, 0.05) is 37.4 Å². The molecule has 2 N–H and O–H groups in total. The molecule has 0 radical (unpaired) electrons. The number of hydrogen-bond acceptors (Lipinski definition) is 7. The van der Waals surface area contributed by atoms with Crippen LogP contribution < -0.4 is 15.5 Å². The van der Waals surface area contributed by atoms with E-state index in [0.717, 1.165) is 17.0 Å². The van der Waals surface area contributed by atoms with Crippen molar-refractivity contribution in [2.45, 2.75) is 18.4 Å². The van der Waals surface area contributed by atoms with Crippen molar-refractivity contribution in [3.8, 4) is 6.19 Å². The number of hydrogen-bond donors (Lipinski definition) is 2. The smallest absolute Gasteiger partial charge is 0.262 e. The summed E-state index contributed by atoms with van der Waals surface area (Å²) < 4.78 is 11.4. The predicted molar refractivity (Wildman–Crippen MR) is 126 cm³/mol. The van der Waals surface area contributed by atoms with Crippen molar-refractivity contribution in [2.75, 3.05) is 43.2 Å². The number of ether oxygens (including phenoxy) is 2. The normalized spacial score (nSPS) is 21.9. The second-order valence-electron chi connectivity index (χ2n) is 7.59. The molecule has 11 heteroatoms. The number of nitriles is 1. The van der Waals surface area contributed by atoms with Gasteiger partial charge in [-0.15, -0.1) is 11.3 Å². The highest BCUT2D eigenvalue weighted by molar-refractivity contribution is 7.18. The minimum absolute atomic E-state index is 0.0868. The molecular formula is C22H22ClN5O4S. The van der Waals surface area contributed by atoms with E-state index in [2.05, 4.69) is 15.6 Å². The molecule has 0 aliphatic carbocycles. The number of benzene rings is 1. The summed E-state index contributed by atoms with van der Waals surface area (Å²) in [5.74, 6) is -0.0699. The maximum Gasteiger partial charge on any atom is 0.262 e. The van der Waals surface area contributed by atoms with Crippen LogP contribution in [0.3, 0.4) is 0 Å². The van der Waals surface area contributed by atoms with Gasteiger partial charge in [-0.2, -0.15) is 10.3 Å². The van der Waals surface area contributed by atoms with E-state index in [1.807, 2.05) is 23.2 Å². The Morgan fingerprint density at radius 1 is 1.15 bits per heavy atom. The molecule has 2 aromatic rings. The Morgan fingerprint density at radius 2 is 1.97 bits per heavy atom. The Labute approximate surface area is 199 Å². The largest absolute Gasteiger partial charge is 0.379 e. The van der Waals surface area contributed by atoms with E-state index in [1.54, 1.807) is 24.3 Å². The van der Waals surface area contributed by atoms with Gasteiger partial charge in [-0.25, -0.2) is 0 Å². The number of amides is 2. The van der Waals surface area contributed by atoms with Crippen molar-refractivity contribution in [1.29, 1.82) is 5.26 Å². The molecule has 4 rings (SSSR count). The van der Waals surface area contributed by atoms with Crippen molar-refractivity contribution in [2.24, 2.45) is 4.99 Å². The van der Waals surface area contributed by atoms with Crippen LogP contribution >= 0.6 is 22.9 Å². The van der Waals surface area contributed by atoms with Gasteiger partial charge in [-0.05, 0) is 36.4 Å². The average Bonchev–Trinajstić information content (AvgIpc) is 3.40. The molecule has 2 aliphatic heterocycles. The van der Waals surface area contributed by atoms with Crippen molar-refractivity contribution in [3.63, 3.8) is 0 Å².